The lowest BCUT2D eigenvalue weighted by atomic mass is 9.71. The molecule has 0 aromatic heterocycles. The van der Waals surface area contributed by atoms with E-state index in [0.29, 0.717) is 5.92 Å². The van der Waals surface area contributed by atoms with E-state index >= 15 is 0 Å². The fourth-order valence-electron chi connectivity index (χ4n) is 1.25. The summed E-state index contributed by atoms with van der Waals surface area (Å²) in [6, 6.07) is 0.230. The van der Waals surface area contributed by atoms with Crippen LogP contribution in [-0.2, 0) is 4.79 Å². The third kappa shape index (κ3) is 3.32. The summed E-state index contributed by atoms with van der Waals surface area (Å²) in [4.78, 5) is 11.8. The van der Waals surface area contributed by atoms with Crippen LogP contribution < -0.4 is 5.32 Å². The molecule has 0 spiro atoms. The number of amides is 1. The second-order valence-corrected chi connectivity index (χ2v) is 5.36. The minimum atomic E-state index is 0.0545. The highest BCUT2D eigenvalue weighted by Gasteiger charge is 2.34. The molecule has 14 heavy (non-hydrogen) atoms. The molecule has 0 bridgehead atoms. The van der Waals surface area contributed by atoms with Crippen LogP contribution in [0, 0.1) is 17.3 Å². The average Bonchev–Trinajstić information content (AvgIpc) is 2.01. The van der Waals surface area contributed by atoms with Gasteiger partial charge in [-0.3, -0.25) is 4.79 Å². The van der Waals surface area contributed by atoms with Crippen LogP contribution in [0.5, 0.6) is 0 Å². The molecule has 1 atom stereocenters. The van der Waals surface area contributed by atoms with Gasteiger partial charge >= 0.3 is 0 Å². The molecule has 0 aliphatic rings. The summed E-state index contributed by atoms with van der Waals surface area (Å²) in [6.07, 6.45) is 0. The van der Waals surface area contributed by atoms with E-state index in [-0.39, 0.29) is 23.3 Å². The monoisotopic (exact) mass is 199 g/mol. The lowest BCUT2D eigenvalue weighted by Gasteiger charge is -2.35. The largest absolute Gasteiger partial charge is 0.354 e. The van der Waals surface area contributed by atoms with E-state index in [1.165, 1.54) is 0 Å². The van der Waals surface area contributed by atoms with E-state index < -0.39 is 0 Å². The van der Waals surface area contributed by atoms with Crippen LogP contribution in [0.15, 0.2) is 0 Å². The van der Waals surface area contributed by atoms with Gasteiger partial charge in [0.05, 0.1) is 0 Å². The van der Waals surface area contributed by atoms with Gasteiger partial charge in [0, 0.05) is 12.0 Å². The average molecular weight is 199 g/mol. The van der Waals surface area contributed by atoms with Gasteiger partial charge < -0.3 is 5.32 Å². The SMILES string of the molecule is CC(C)NC(=O)C(C)C(C)(C)C(C)C. The van der Waals surface area contributed by atoms with Crippen molar-refractivity contribution < 1.29 is 4.79 Å². The highest BCUT2D eigenvalue weighted by atomic mass is 16.1. The van der Waals surface area contributed by atoms with Crippen molar-refractivity contribution in [1.82, 2.24) is 5.32 Å². The van der Waals surface area contributed by atoms with E-state index in [9.17, 15) is 4.79 Å². The summed E-state index contributed by atoms with van der Waals surface area (Å²) >= 11 is 0. The van der Waals surface area contributed by atoms with Crippen molar-refractivity contribution in [2.45, 2.75) is 54.5 Å². The lowest BCUT2D eigenvalue weighted by molar-refractivity contribution is -0.129. The Bertz CT molecular complexity index is 194. The molecule has 84 valence electrons. The molecule has 0 saturated carbocycles. The van der Waals surface area contributed by atoms with Crippen molar-refractivity contribution in [2.75, 3.05) is 0 Å². The predicted octanol–water partition coefficient (Wildman–Crippen LogP) is 2.83. The van der Waals surface area contributed by atoms with Crippen LogP contribution in [0.1, 0.15) is 48.5 Å². The first kappa shape index (κ1) is 13.5. The van der Waals surface area contributed by atoms with Crippen molar-refractivity contribution in [3.63, 3.8) is 0 Å². The molecule has 2 heteroatoms. The number of hydrogen-bond acceptors (Lipinski definition) is 1. The van der Waals surface area contributed by atoms with Crippen molar-refractivity contribution in [1.29, 1.82) is 0 Å². The number of carbonyl (C=O) groups is 1. The molecule has 2 nitrogen and oxygen atoms in total. The second kappa shape index (κ2) is 4.81. The molecule has 1 N–H and O–H groups in total. The van der Waals surface area contributed by atoms with Gasteiger partial charge in [0.15, 0.2) is 0 Å². The first-order valence-electron chi connectivity index (χ1n) is 5.50. The van der Waals surface area contributed by atoms with Crippen LogP contribution in [0.3, 0.4) is 0 Å². The topological polar surface area (TPSA) is 29.1 Å². The summed E-state index contributed by atoms with van der Waals surface area (Å²) in [7, 11) is 0. The first-order chi connectivity index (χ1) is 6.19. The van der Waals surface area contributed by atoms with Crippen LogP contribution in [0.25, 0.3) is 0 Å². The van der Waals surface area contributed by atoms with Gasteiger partial charge in [-0.05, 0) is 25.2 Å². The number of hydrogen-bond donors (Lipinski definition) is 1. The smallest absolute Gasteiger partial charge is 0.223 e. The van der Waals surface area contributed by atoms with Crippen molar-refractivity contribution in [3.8, 4) is 0 Å². The summed E-state index contributed by atoms with van der Waals surface area (Å²) in [6.45, 7) is 14.6. The van der Waals surface area contributed by atoms with E-state index in [2.05, 4.69) is 33.0 Å². The fourth-order valence-corrected chi connectivity index (χ4v) is 1.25. The first-order valence-corrected chi connectivity index (χ1v) is 5.50. The summed E-state index contributed by atoms with van der Waals surface area (Å²) in [5.41, 5.74) is 0.0545. The predicted molar refractivity (Wildman–Crippen MR) is 61.1 cm³/mol. The molecule has 0 heterocycles. The Morgan fingerprint density at radius 1 is 1.07 bits per heavy atom. The van der Waals surface area contributed by atoms with Crippen molar-refractivity contribution >= 4 is 5.91 Å². The standard InChI is InChI=1S/C12H25NO/c1-8(2)12(6,7)10(5)11(14)13-9(3)4/h8-10H,1-7H3,(H,13,14). The molecular formula is C12H25NO. The van der Waals surface area contributed by atoms with Gasteiger partial charge in [0.1, 0.15) is 0 Å². The maximum absolute atomic E-state index is 11.8. The van der Waals surface area contributed by atoms with Crippen LogP contribution in [-0.4, -0.2) is 11.9 Å². The minimum absolute atomic E-state index is 0.0545. The Labute approximate surface area is 88.5 Å². The van der Waals surface area contributed by atoms with Gasteiger partial charge in [0.25, 0.3) is 0 Å². The fraction of sp³-hybridized carbons (Fsp3) is 0.917. The van der Waals surface area contributed by atoms with Gasteiger partial charge in [-0.25, -0.2) is 0 Å². The zero-order valence-electron chi connectivity index (χ0n) is 10.6. The Balaban J connectivity index is 4.45. The summed E-state index contributed by atoms with van der Waals surface area (Å²) in [5.74, 6) is 0.735. The molecular weight excluding hydrogens is 174 g/mol. The zero-order chi connectivity index (χ0) is 11.5. The van der Waals surface area contributed by atoms with Gasteiger partial charge in [-0.1, -0.05) is 34.6 Å². The highest BCUT2D eigenvalue weighted by molar-refractivity contribution is 5.79. The van der Waals surface area contributed by atoms with E-state index in [1.807, 2.05) is 20.8 Å². The molecule has 0 rings (SSSR count). The summed E-state index contributed by atoms with van der Waals surface area (Å²) in [5, 5.41) is 2.96. The van der Waals surface area contributed by atoms with E-state index in [4.69, 9.17) is 0 Å². The van der Waals surface area contributed by atoms with Crippen molar-refractivity contribution in [3.05, 3.63) is 0 Å². The second-order valence-electron chi connectivity index (χ2n) is 5.36. The van der Waals surface area contributed by atoms with E-state index in [1.54, 1.807) is 0 Å². The molecule has 0 aromatic carbocycles. The van der Waals surface area contributed by atoms with Crippen LogP contribution in [0.4, 0.5) is 0 Å². The Morgan fingerprint density at radius 2 is 1.50 bits per heavy atom. The van der Waals surface area contributed by atoms with E-state index in [0.717, 1.165) is 0 Å². The normalized spacial score (nSPS) is 14.6. The molecule has 0 fully saturated rings. The lowest BCUT2D eigenvalue weighted by Crippen LogP contribution is -2.42. The van der Waals surface area contributed by atoms with Gasteiger partial charge in [0.2, 0.25) is 5.91 Å². The Hall–Kier alpha value is -0.530. The van der Waals surface area contributed by atoms with Crippen LogP contribution >= 0.6 is 0 Å². The molecule has 0 saturated heterocycles. The third-order valence-corrected chi connectivity index (χ3v) is 3.43. The molecule has 0 aromatic rings. The minimum Gasteiger partial charge on any atom is -0.354 e. The maximum atomic E-state index is 11.8. The molecule has 1 unspecified atom stereocenters. The molecule has 0 aliphatic carbocycles. The quantitative estimate of drug-likeness (QED) is 0.741. The van der Waals surface area contributed by atoms with Crippen LogP contribution in [0.2, 0.25) is 0 Å². The summed E-state index contributed by atoms with van der Waals surface area (Å²) < 4.78 is 0. The Kier molecular flexibility index (Phi) is 4.63. The third-order valence-electron chi connectivity index (χ3n) is 3.43. The number of rotatable bonds is 4. The van der Waals surface area contributed by atoms with Gasteiger partial charge in [-0.2, -0.15) is 0 Å². The van der Waals surface area contributed by atoms with Gasteiger partial charge in [-0.15, -0.1) is 0 Å². The highest BCUT2D eigenvalue weighted by Crippen LogP contribution is 2.34. The van der Waals surface area contributed by atoms with Crippen molar-refractivity contribution in [2.24, 2.45) is 17.3 Å². The maximum Gasteiger partial charge on any atom is 0.223 e. The zero-order valence-corrected chi connectivity index (χ0v) is 10.6. The number of carbonyl (C=O) groups excluding carboxylic acids is 1. The molecule has 1 amide bonds. The molecule has 0 aliphatic heterocycles. The molecule has 0 radical (unpaired) electrons. The number of nitrogens with one attached hydrogen (secondary N) is 1. The Morgan fingerprint density at radius 3 is 1.79 bits per heavy atom.